The Bertz CT molecular complexity index is 152. The Labute approximate surface area is 100.0 Å². The van der Waals surface area contributed by atoms with Gasteiger partial charge in [0.05, 0.1) is 6.61 Å². The third-order valence-corrected chi connectivity index (χ3v) is 3.07. The van der Waals surface area contributed by atoms with E-state index >= 15 is 0 Å². The number of hydrogen-bond donors (Lipinski definition) is 1. The lowest BCUT2D eigenvalue weighted by atomic mass is 9.97. The monoisotopic (exact) mass is 236 g/mol. The number of halogens is 1. The Balaban J connectivity index is 0.00000196. The van der Waals surface area contributed by atoms with Gasteiger partial charge in [0, 0.05) is 19.7 Å². The van der Waals surface area contributed by atoms with Crippen LogP contribution in [0.2, 0.25) is 0 Å². The zero-order valence-electron chi connectivity index (χ0n) is 10.2. The first-order chi connectivity index (χ1) is 6.77. The van der Waals surface area contributed by atoms with Gasteiger partial charge in [0.1, 0.15) is 0 Å². The summed E-state index contributed by atoms with van der Waals surface area (Å²) in [5.74, 6) is 0.827. The molecule has 1 heterocycles. The fraction of sp³-hybridized carbons (Fsp3) is 1.00. The fourth-order valence-electron chi connectivity index (χ4n) is 2.30. The Kier molecular flexibility index (Phi) is 8.43. The van der Waals surface area contributed by atoms with Crippen LogP contribution in [-0.2, 0) is 4.74 Å². The highest BCUT2D eigenvalue weighted by Crippen LogP contribution is 2.17. The molecule has 0 saturated carbocycles. The maximum Gasteiger partial charge on any atom is 0.0615 e. The van der Waals surface area contributed by atoms with Crippen molar-refractivity contribution in [3.63, 3.8) is 0 Å². The second kappa shape index (κ2) is 8.34. The largest absolute Gasteiger partial charge is 0.383 e. The van der Waals surface area contributed by atoms with E-state index in [1.165, 1.54) is 25.9 Å². The van der Waals surface area contributed by atoms with Crippen LogP contribution >= 0.6 is 12.4 Å². The zero-order valence-corrected chi connectivity index (χ0v) is 11.0. The van der Waals surface area contributed by atoms with Gasteiger partial charge in [-0.2, -0.15) is 0 Å². The van der Waals surface area contributed by atoms with Crippen molar-refractivity contribution in [2.24, 2.45) is 5.92 Å². The van der Waals surface area contributed by atoms with Crippen LogP contribution < -0.4 is 5.32 Å². The molecule has 1 aliphatic heterocycles. The minimum absolute atomic E-state index is 0. The minimum atomic E-state index is 0. The summed E-state index contributed by atoms with van der Waals surface area (Å²) in [6.07, 6.45) is 2.71. The van der Waals surface area contributed by atoms with E-state index in [0.717, 1.165) is 19.1 Å². The lowest BCUT2D eigenvalue weighted by Gasteiger charge is -2.36. The van der Waals surface area contributed by atoms with E-state index in [-0.39, 0.29) is 12.4 Å². The fourth-order valence-corrected chi connectivity index (χ4v) is 2.30. The highest BCUT2D eigenvalue weighted by atomic mass is 35.5. The molecule has 1 saturated heterocycles. The van der Waals surface area contributed by atoms with E-state index in [1.807, 2.05) is 7.05 Å². The van der Waals surface area contributed by atoms with Gasteiger partial charge in [0.2, 0.25) is 0 Å². The summed E-state index contributed by atoms with van der Waals surface area (Å²) in [4.78, 5) is 2.55. The molecule has 0 aliphatic carbocycles. The SMILES string of the molecule is CNCC1CCCN(C(C)COC)C1.Cl. The normalized spacial score (nSPS) is 24.6. The summed E-state index contributed by atoms with van der Waals surface area (Å²) >= 11 is 0. The molecule has 0 bridgehead atoms. The maximum atomic E-state index is 5.19. The molecule has 15 heavy (non-hydrogen) atoms. The van der Waals surface area contributed by atoms with Crippen LogP contribution in [0.15, 0.2) is 0 Å². The molecule has 1 rings (SSSR count). The first-order valence-electron chi connectivity index (χ1n) is 5.65. The Morgan fingerprint density at radius 1 is 1.53 bits per heavy atom. The standard InChI is InChI=1S/C11H24N2O.ClH/c1-10(9-14-3)13-6-4-5-11(8-13)7-12-2;/h10-12H,4-9H2,1-3H3;1H. The molecule has 0 spiro atoms. The number of nitrogens with zero attached hydrogens (tertiary/aromatic N) is 1. The molecule has 4 heteroatoms. The van der Waals surface area contributed by atoms with Gasteiger partial charge in [-0.3, -0.25) is 4.90 Å². The molecule has 92 valence electrons. The number of rotatable bonds is 5. The molecule has 1 fully saturated rings. The zero-order chi connectivity index (χ0) is 10.4. The predicted molar refractivity (Wildman–Crippen MR) is 66.8 cm³/mol. The third-order valence-electron chi connectivity index (χ3n) is 3.07. The number of ether oxygens (including phenoxy) is 1. The van der Waals surface area contributed by atoms with Gasteiger partial charge in [-0.05, 0) is 45.8 Å². The first-order valence-corrected chi connectivity index (χ1v) is 5.65. The number of likely N-dealkylation sites (tertiary alicyclic amines) is 1. The van der Waals surface area contributed by atoms with E-state index in [1.54, 1.807) is 7.11 Å². The quantitative estimate of drug-likeness (QED) is 0.781. The topological polar surface area (TPSA) is 24.5 Å². The van der Waals surface area contributed by atoms with Crippen LogP contribution in [0.3, 0.4) is 0 Å². The Hall–Kier alpha value is 0.170. The number of methoxy groups -OCH3 is 1. The second-order valence-electron chi connectivity index (χ2n) is 4.37. The summed E-state index contributed by atoms with van der Waals surface area (Å²) in [6.45, 7) is 6.73. The van der Waals surface area contributed by atoms with Crippen molar-refractivity contribution >= 4 is 12.4 Å². The minimum Gasteiger partial charge on any atom is -0.383 e. The second-order valence-corrected chi connectivity index (χ2v) is 4.37. The first kappa shape index (κ1) is 15.2. The van der Waals surface area contributed by atoms with E-state index in [2.05, 4.69) is 17.1 Å². The van der Waals surface area contributed by atoms with Crippen LogP contribution in [-0.4, -0.2) is 51.3 Å². The van der Waals surface area contributed by atoms with Gasteiger partial charge in [0.25, 0.3) is 0 Å². The number of piperidine rings is 1. The summed E-state index contributed by atoms with van der Waals surface area (Å²) in [5.41, 5.74) is 0. The summed E-state index contributed by atoms with van der Waals surface area (Å²) < 4.78 is 5.19. The molecule has 0 aromatic heterocycles. The molecular weight excluding hydrogens is 212 g/mol. The van der Waals surface area contributed by atoms with Crippen molar-refractivity contribution in [1.29, 1.82) is 0 Å². The van der Waals surface area contributed by atoms with E-state index in [9.17, 15) is 0 Å². The maximum absolute atomic E-state index is 5.19. The average molecular weight is 237 g/mol. The summed E-state index contributed by atoms with van der Waals surface area (Å²) in [7, 11) is 3.82. The van der Waals surface area contributed by atoms with Crippen molar-refractivity contribution in [1.82, 2.24) is 10.2 Å². The van der Waals surface area contributed by atoms with Gasteiger partial charge in [0.15, 0.2) is 0 Å². The van der Waals surface area contributed by atoms with E-state index in [0.29, 0.717) is 6.04 Å². The molecule has 1 aliphatic rings. The molecule has 0 aromatic rings. The van der Waals surface area contributed by atoms with Crippen molar-refractivity contribution in [2.75, 3.05) is 40.4 Å². The van der Waals surface area contributed by atoms with Gasteiger partial charge < -0.3 is 10.1 Å². The van der Waals surface area contributed by atoms with E-state index in [4.69, 9.17) is 4.74 Å². The van der Waals surface area contributed by atoms with Gasteiger partial charge in [-0.25, -0.2) is 0 Å². The van der Waals surface area contributed by atoms with Crippen molar-refractivity contribution < 1.29 is 4.74 Å². The van der Waals surface area contributed by atoms with Crippen LogP contribution in [0.1, 0.15) is 19.8 Å². The van der Waals surface area contributed by atoms with Crippen molar-refractivity contribution in [2.45, 2.75) is 25.8 Å². The lowest BCUT2D eigenvalue weighted by Crippen LogP contribution is -2.45. The smallest absolute Gasteiger partial charge is 0.0615 e. The molecule has 3 nitrogen and oxygen atoms in total. The molecule has 0 amide bonds. The van der Waals surface area contributed by atoms with Crippen LogP contribution in [0.25, 0.3) is 0 Å². The Morgan fingerprint density at radius 2 is 2.27 bits per heavy atom. The average Bonchev–Trinajstić information content (AvgIpc) is 2.19. The highest BCUT2D eigenvalue weighted by Gasteiger charge is 2.22. The molecule has 0 radical (unpaired) electrons. The van der Waals surface area contributed by atoms with Crippen LogP contribution in [0, 0.1) is 5.92 Å². The van der Waals surface area contributed by atoms with Gasteiger partial charge in [-0.1, -0.05) is 0 Å². The van der Waals surface area contributed by atoms with Gasteiger partial charge >= 0.3 is 0 Å². The summed E-state index contributed by atoms with van der Waals surface area (Å²) in [5, 5.41) is 3.27. The van der Waals surface area contributed by atoms with Crippen molar-refractivity contribution in [3.8, 4) is 0 Å². The summed E-state index contributed by atoms with van der Waals surface area (Å²) in [6, 6.07) is 0.569. The lowest BCUT2D eigenvalue weighted by molar-refractivity contribution is 0.0684. The van der Waals surface area contributed by atoms with Gasteiger partial charge in [-0.15, -0.1) is 12.4 Å². The molecular formula is C11H25ClN2O. The molecule has 0 aromatic carbocycles. The van der Waals surface area contributed by atoms with Crippen LogP contribution in [0.4, 0.5) is 0 Å². The Morgan fingerprint density at radius 3 is 2.87 bits per heavy atom. The predicted octanol–water partition coefficient (Wildman–Crippen LogP) is 1.37. The number of hydrogen-bond acceptors (Lipinski definition) is 3. The van der Waals surface area contributed by atoms with E-state index < -0.39 is 0 Å². The third kappa shape index (κ3) is 5.16. The number of nitrogens with one attached hydrogen (secondary N) is 1. The molecule has 1 N–H and O–H groups in total. The van der Waals surface area contributed by atoms with Crippen molar-refractivity contribution in [3.05, 3.63) is 0 Å². The highest BCUT2D eigenvalue weighted by molar-refractivity contribution is 5.85. The molecule has 2 unspecified atom stereocenters. The molecule has 2 atom stereocenters. The van der Waals surface area contributed by atoms with Crippen LogP contribution in [0.5, 0.6) is 0 Å².